The highest BCUT2D eigenvalue weighted by atomic mass is 19.4. The van der Waals surface area contributed by atoms with Gasteiger partial charge in [0.1, 0.15) is 5.82 Å². The summed E-state index contributed by atoms with van der Waals surface area (Å²) in [5.74, 6) is -2.90. The molecule has 3 aromatic rings. The Bertz CT molecular complexity index is 1340. The maximum Gasteiger partial charge on any atom is 0.416 e. The molecule has 2 heterocycles. The Kier molecular flexibility index (Phi) is 6.01. The van der Waals surface area contributed by atoms with Gasteiger partial charge >= 0.3 is 11.9 Å². The van der Waals surface area contributed by atoms with Crippen LogP contribution < -0.4 is 10.2 Å². The maximum absolute atomic E-state index is 13.6. The van der Waals surface area contributed by atoms with Crippen molar-refractivity contribution in [1.29, 1.82) is 0 Å². The number of rotatable bonds is 5. The third kappa shape index (κ3) is 4.83. The van der Waals surface area contributed by atoms with Gasteiger partial charge in [-0.3, -0.25) is 19.7 Å². The number of amides is 2. The molecule has 1 unspecified atom stereocenters. The number of nitrogens with zero attached hydrogens (tertiary/aromatic N) is 4. The Hall–Kier alpha value is -4.29. The van der Waals surface area contributed by atoms with Crippen molar-refractivity contribution >= 4 is 29.0 Å². The molecular formula is C22H17F4N5O4. The van der Waals surface area contributed by atoms with Gasteiger partial charge in [0.05, 0.1) is 33.5 Å². The first-order valence-electron chi connectivity index (χ1n) is 10.2. The summed E-state index contributed by atoms with van der Waals surface area (Å²) in [5, 5.41) is 17.7. The fraction of sp³-hybridized carbons (Fsp3) is 0.227. The maximum atomic E-state index is 13.6. The second kappa shape index (κ2) is 8.81. The number of hydrogen-bond acceptors (Lipinski definition) is 5. The molecule has 2 amide bonds. The normalized spacial score (nSPS) is 16.0. The Morgan fingerprint density at radius 1 is 1.17 bits per heavy atom. The van der Waals surface area contributed by atoms with Gasteiger partial charge < -0.3 is 10.2 Å². The molecule has 182 valence electrons. The van der Waals surface area contributed by atoms with Crippen molar-refractivity contribution in [3.63, 3.8) is 0 Å². The average molecular weight is 491 g/mol. The number of aromatic nitrogens is 2. The molecule has 1 aromatic heterocycles. The molecule has 0 aliphatic carbocycles. The van der Waals surface area contributed by atoms with Crippen molar-refractivity contribution in [2.45, 2.75) is 19.5 Å². The quantitative estimate of drug-likeness (QED) is 0.326. The molecule has 0 saturated carbocycles. The first kappa shape index (κ1) is 23.9. The molecular weight excluding hydrogens is 474 g/mol. The van der Waals surface area contributed by atoms with Crippen LogP contribution in [0, 0.1) is 28.8 Å². The second-order valence-corrected chi connectivity index (χ2v) is 7.92. The molecule has 1 saturated heterocycles. The third-order valence-corrected chi connectivity index (χ3v) is 5.43. The van der Waals surface area contributed by atoms with E-state index in [9.17, 15) is 37.3 Å². The van der Waals surface area contributed by atoms with Crippen molar-refractivity contribution < 1.29 is 32.1 Å². The van der Waals surface area contributed by atoms with Crippen LogP contribution in [0.3, 0.4) is 0 Å². The lowest BCUT2D eigenvalue weighted by Crippen LogP contribution is -2.28. The lowest BCUT2D eigenvalue weighted by atomic mass is 10.1. The van der Waals surface area contributed by atoms with Gasteiger partial charge in [-0.15, -0.1) is 0 Å². The highest BCUT2D eigenvalue weighted by molar-refractivity contribution is 6.03. The van der Waals surface area contributed by atoms with E-state index in [1.165, 1.54) is 24.3 Å². The van der Waals surface area contributed by atoms with Crippen LogP contribution in [0.1, 0.15) is 17.7 Å². The van der Waals surface area contributed by atoms with Gasteiger partial charge in [-0.05, 0) is 37.3 Å². The van der Waals surface area contributed by atoms with E-state index < -0.39 is 45.9 Å². The highest BCUT2D eigenvalue weighted by Gasteiger charge is 2.36. The zero-order valence-electron chi connectivity index (χ0n) is 18.0. The predicted octanol–water partition coefficient (Wildman–Crippen LogP) is 4.24. The van der Waals surface area contributed by atoms with E-state index in [1.54, 1.807) is 6.92 Å². The van der Waals surface area contributed by atoms with Crippen molar-refractivity contribution in [2.24, 2.45) is 5.92 Å². The number of benzene rings is 2. The summed E-state index contributed by atoms with van der Waals surface area (Å²) in [6.45, 7) is 1.48. The number of halogens is 4. The molecule has 1 N–H and O–H groups in total. The van der Waals surface area contributed by atoms with E-state index in [0.29, 0.717) is 5.69 Å². The molecule has 1 fully saturated rings. The fourth-order valence-corrected chi connectivity index (χ4v) is 3.77. The molecule has 1 aliphatic rings. The van der Waals surface area contributed by atoms with Crippen LogP contribution in [-0.2, 0) is 15.8 Å². The number of nitro groups is 1. The van der Waals surface area contributed by atoms with Crippen LogP contribution in [-0.4, -0.2) is 33.1 Å². The van der Waals surface area contributed by atoms with Crippen molar-refractivity contribution in [3.8, 4) is 5.69 Å². The molecule has 0 radical (unpaired) electrons. The first-order chi connectivity index (χ1) is 16.4. The minimum absolute atomic E-state index is 0.0725. The number of carbonyl (C=O) groups is 2. The van der Waals surface area contributed by atoms with Crippen molar-refractivity contribution in [3.05, 3.63) is 75.7 Å². The van der Waals surface area contributed by atoms with Crippen LogP contribution in [0.2, 0.25) is 0 Å². The van der Waals surface area contributed by atoms with E-state index in [4.69, 9.17) is 0 Å². The Balaban J connectivity index is 1.55. The average Bonchev–Trinajstić information content (AvgIpc) is 3.35. The molecule has 1 aliphatic heterocycles. The van der Waals surface area contributed by atoms with Gasteiger partial charge in [0.2, 0.25) is 17.6 Å². The minimum atomic E-state index is -4.56. The van der Waals surface area contributed by atoms with Crippen LogP contribution >= 0.6 is 0 Å². The van der Waals surface area contributed by atoms with Crippen LogP contribution in [0.25, 0.3) is 5.69 Å². The fourth-order valence-electron chi connectivity index (χ4n) is 3.77. The third-order valence-electron chi connectivity index (χ3n) is 5.43. The molecule has 2 aromatic carbocycles. The van der Waals surface area contributed by atoms with Gasteiger partial charge in [-0.1, -0.05) is 6.07 Å². The molecule has 0 bridgehead atoms. The van der Waals surface area contributed by atoms with Crippen molar-refractivity contribution in [1.82, 2.24) is 9.78 Å². The summed E-state index contributed by atoms with van der Waals surface area (Å²) < 4.78 is 54.1. The van der Waals surface area contributed by atoms with Gasteiger partial charge in [0.15, 0.2) is 0 Å². The Morgan fingerprint density at radius 3 is 2.60 bits per heavy atom. The van der Waals surface area contributed by atoms with Crippen LogP contribution in [0.4, 0.5) is 34.8 Å². The summed E-state index contributed by atoms with van der Waals surface area (Å²) in [7, 11) is 0. The van der Waals surface area contributed by atoms with Gasteiger partial charge in [0, 0.05) is 25.1 Å². The topological polar surface area (TPSA) is 110 Å². The monoisotopic (exact) mass is 491 g/mol. The van der Waals surface area contributed by atoms with E-state index in [1.807, 2.05) is 0 Å². The lowest BCUT2D eigenvalue weighted by Gasteiger charge is -2.17. The van der Waals surface area contributed by atoms with Gasteiger partial charge in [-0.2, -0.15) is 22.7 Å². The van der Waals surface area contributed by atoms with E-state index in [2.05, 4.69) is 10.4 Å². The number of aryl methyl sites for hydroxylation is 1. The molecule has 13 heteroatoms. The minimum Gasteiger partial charge on any atom is -0.311 e. The van der Waals surface area contributed by atoms with E-state index in [-0.39, 0.29) is 30.2 Å². The zero-order valence-corrected chi connectivity index (χ0v) is 18.0. The number of alkyl halides is 3. The zero-order chi connectivity index (χ0) is 25.5. The lowest BCUT2D eigenvalue weighted by molar-refractivity contribution is -0.387. The summed E-state index contributed by atoms with van der Waals surface area (Å²) in [5.41, 5.74) is -1.11. The number of nitrogens with one attached hydrogen (secondary N) is 1. The number of hydrogen-bond donors (Lipinski definition) is 1. The molecule has 0 spiro atoms. The summed E-state index contributed by atoms with van der Waals surface area (Å²) >= 11 is 0. The largest absolute Gasteiger partial charge is 0.416 e. The number of nitro benzene ring substituents is 1. The summed E-state index contributed by atoms with van der Waals surface area (Å²) in [6, 6.07) is 8.88. The first-order valence-corrected chi connectivity index (χ1v) is 10.2. The molecule has 9 nitrogen and oxygen atoms in total. The number of carbonyl (C=O) groups excluding carboxylic acids is 2. The smallest absolute Gasteiger partial charge is 0.311 e. The Labute approximate surface area is 195 Å². The van der Waals surface area contributed by atoms with Crippen molar-refractivity contribution in [2.75, 3.05) is 16.8 Å². The molecule has 35 heavy (non-hydrogen) atoms. The van der Waals surface area contributed by atoms with Crippen LogP contribution in [0.5, 0.6) is 0 Å². The van der Waals surface area contributed by atoms with Gasteiger partial charge in [-0.25, -0.2) is 4.68 Å². The SMILES string of the molecule is Cc1cc(NC(=O)C2CC(=O)N(c3ccc(F)c([N+](=O)[O-])c3)C2)n(-c2cccc(C(F)(F)F)c2)n1. The predicted molar refractivity (Wildman–Crippen MR) is 115 cm³/mol. The molecule has 1 atom stereocenters. The highest BCUT2D eigenvalue weighted by Crippen LogP contribution is 2.32. The second-order valence-electron chi connectivity index (χ2n) is 7.92. The molecule has 4 rings (SSSR count). The summed E-state index contributed by atoms with van der Waals surface area (Å²) in [6.07, 6.45) is -4.78. The van der Waals surface area contributed by atoms with E-state index >= 15 is 0 Å². The van der Waals surface area contributed by atoms with Crippen LogP contribution in [0.15, 0.2) is 48.5 Å². The Morgan fingerprint density at radius 2 is 1.91 bits per heavy atom. The number of anilines is 2. The summed E-state index contributed by atoms with van der Waals surface area (Å²) in [4.78, 5) is 36.6. The standard InChI is InChI=1S/C22H17F4N5O4/c1-12-7-19(30(28-12)16-4-2-3-14(9-16)22(24,25)26)27-21(33)13-8-20(32)29(11-13)15-5-6-17(23)18(10-15)31(34)35/h2-7,9-10,13H,8,11H2,1H3,(H,27,33). The van der Waals surface area contributed by atoms with Gasteiger partial charge in [0.25, 0.3) is 0 Å². The van der Waals surface area contributed by atoms with E-state index in [0.717, 1.165) is 33.8 Å².